The highest BCUT2D eigenvalue weighted by Crippen LogP contribution is 2.31. The number of hydrogen-bond donors (Lipinski definition) is 2. The van der Waals surface area contributed by atoms with Crippen molar-refractivity contribution < 1.29 is 23.8 Å². The van der Waals surface area contributed by atoms with Crippen LogP contribution in [0.25, 0.3) is 0 Å². The standard InChI is InChI=1S/C23H26N2O5/c26-22(10-8-16-7-9-20-21(14-16)30-13-12-29-20)25-19-6-2-1-5-18(19)23(27)24-15-17-4-3-11-28-17/h1-2,5-7,9,14,17H,3-4,8,10-13,15H2,(H,24,27)(H,25,26). The molecule has 1 saturated heterocycles. The monoisotopic (exact) mass is 410 g/mol. The zero-order valence-electron chi connectivity index (χ0n) is 16.8. The highest BCUT2D eigenvalue weighted by Gasteiger charge is 2.18. The van der Waals surface area contributed by atoms with Gasteiger partial charge in [0.2, 0.25) is 5.91 Å². The van der Waals surface area contributed by atoms with E-state index in [4.69, 9.17) is 14.2 Å². The number of hydrogen-bond acceptors (Lipinski definition) is 5. The van der Waals surface area contributed by atoms with Crippen molar-refractivity contribution in [3.05, 3.63) is 53.6 Å². The number of benzene rings is 2. The molecule has 2 heterocycles. The Labute approximate surface area is 175 Å². The van der Waals surface area contributed by atoms with Gasteiger partial charge in [-0.25, -0.2) is 0 Å². The van der Waals surface area contributed by atoms with E-state index in [1.165, 1.54) is 0 Å². The maximum absolute atomic E-state index is 12.6. The van der Waals surface area contributed by atoms with E-state index in [9.17, 15) is 9.59 Å². The molecule has 158 valence electrons. The molecular formula is C23H26N2O5. The summed E-state index contributed by atoms with van der Waals surface area (Å²) in [5.41, 5.74) is 1.95. The first kappa shape index (κ1) is 20.2. The van der Waals surface area contributed by atoms with Crippen molar-refractivity contribution in [1.29, 1.82) is 0 Å². The highest BCUT2D eigenvalue weighted by atomic mass is 16.6. The van der Waals surface area contributed by atoms with Crippen molar-refractivity contribution in [3.8, 4) is 11.5 Å². The summed E-state index contributed by atoms with van der Waals surface area (Å²) in [6, 6.07) is 12.8. The van der Waals surface area contributed by atoms with Crippen LogP contribution in [0.1, 0.15) is 35.2 Å². The molecule has 2 aromatic rings. The third kappa shape index (κ3) is 5.10. The van der Waals surface area contributed by atoms with Gasteiger partial charge >= 0.3 is 0 Å². The lowest BCUT2D eigenvalue weighted by molar-refractivity contribution is -0.116. The van der Waals surface area contributed by atoms with Gasteiger partial charge in [0.15, 0.2) is 11.5 Å². The summed E-state index contributed by atoms with van der Waals surface area (Å²) >= 11 is 0. The van der Waals surface area contributed by atoms with Crippen LogP contribution in [0.2, 0.25) is 0 Å². The van der Waals surface area contributed by atoms with Gasteiger partial charge in [-0.3, -0.25) is 9.59 Å². The zero-order valence-corrected chi connectivity index (χ0v) is 16.8. The zero-order chi connectivity index (χ0) is 20.8. The molecule has 0 aliphatic carbocycles. The van der Waals surface area contributed by atoms with Gasteiger partial charge in [0.05, 0.1) is 17.4 Å². The molecule has 0 bridgehead atoms. The first-order chi connectivity index (χ1) is 14.7. The highest BCUT2D eigenvalue weighted by molar-refractivity contribution is 6.03. The Morgan fingerprint density at radius 2 is 1.83 bits per heavy atom. The van der Waals surface area contributed by atoms with E-state index in [-0.39, 0.29) is 17.9 Å². The molecular weight excluding hydrogens is 384 g/mol. The fourth-order valence-electron chi connectivity index (χ4n) is 3.61. The Hall–Kier alpha value is -3.06. The molecule has 2 amide bonds. The summed E-state index contributed by atoms with van der Waals surface area (Å²) in [5.74, 6) is 1.09. The molecule has 0 spiro atoms. The summed E-state index contributed by atoms with van der Waals surface area (Å²) in [7, 11) is 0. The van der Waals surface area contributed by atoms with Crippen LogP contribution in [-0.2, 0) is 16.0 Å². The van der Waals surface area contributed by atoms with E-state index < -0.39 is 0 Å². The summed E-state index contributed by atoms with van der Waals surface area (Å²) in [6.07, 6.45) is 2.91. The first-order valence-electron chi connectivity index (χ1n) is 10.4. The average Bonchev–Trinajstić information content (AvgIpc) is 3.30. The lowest BCUT2D eigenvalue weighted by Gasteiger charge is -2.18. The van der Waals surface area contributed by atoms with E-state index in [1.807, 2.05) is 18.2 Å². The van der Waals surface area contributed by atoms with Crippen LogP contribution in [0.15, 0.2) is 42.5 Å². The summed E-state index contributed by atoms with van der Waals surface area (Å²) in [5, 5.41) is 5.77. The number of carbonyl (C=O) groups is 2. The second kappa shape index (κ2) is 9.63. The van der Waals surface area contributed by atoms with Crippen LogP contribution in [0.3, 0.4) is 0 Å². The van der Waals surface area contributed by atoms with Crippen LogP contribution in [0, 0.1) is 0 Å². The fourth-order valence-corrected chi connectivity index (χ4v) is 3.61. The third-order valence-electron chi connectivity index (χ3n) is 5.21. The van der Waals surface area contributed by atoms with Gasteiger partial charge in [-0.15, -0.1) is 0 Å². The predicted octanol–water partition coefficient (Wildman–Crippen LogP) is 2.94. The number of anilines is 1. The van der Waals surface area contributed by atoms with Crippen LogP contribution >= 0.6 is 0 Å². The molecule has 2 aliphatic heterocycles. The van der Waals surface area contributed by atoms with E-state index in [1.54, 1.807) is 24.3 Å². The van der Waals surface area contributed by atoms with E-state index in [0.717, 1.165) is 30.8 Å². The SMILES string of the molecule is O=C(CCc1ccc2c(c1)OCCO2)Nc1ccccc1C(=O)NCC1CCCO1. The van der Waals surface area contributed by atoms with Crippen LogP contribution < -0.4 is 20.1 Å². The molecule has 2 N–H and O–H groups in total. The molecule has 30 heavy (non-hydrogen) atoms. The largest absolute Gasteiger partial charge is 0.486 e. The van der Waals surface area contributed by atoms with E-state index >= 15 is 0 Å². The minimum Gasteiger partial charge on any atom is -0.486 e. The van der Waals surface area contributed by atoms with E-state index in [0.29, 0.717) is 49.6 Å². The quantitative estimate of drug-likeness (QED) is 0.733. The maximum Gasteiger partial charge on any atom is 0.253 e. The van der Waals surface area contributed by atoms with Gasteiger partial charge in [-0.1, -0.05) is 18.2 Å². The number of carbonyl (C=O) groups excluding carboxylic acids is 2. The second-order valence-corrected chi connectivity index (χ2v) is 7.42. The van der Waals surface area contributed by atoms with Crippen LogP contribution in [0.5, 0.6) is 11.5 Å². The van der Waals surface area contributed by atoms with Gasteiger partial charge in [-0.2, -0.15) is 0 Å². The normalized spacial score (nSPS) is 17.4. The van der Waals surface area contributed by atoms with Crippen LogP contribution in [-0.4, -0.2) is 44.3 Å². The molecule has 2 aromatic carbocycles. The van der Waals surface area contributed by atoms with Crippen molar-refractivity contribution in [3.63, 3.8) is 0 Å². The summed E-state index contributed by atoms with van der Waals surface area (Å²) in [4.78, 5) is 25.1. The van der Waals surface area contributed by atoms with Crippen molar-refractivity contribution in [1.82, 2.24) is 5.32 Å². The molecule has 0 radical (unpaired) electrons. The Kier molecular flexibility index (Phi) is 6.49. The molecule has 4 rings (SSSR count). The molecule has 1 fully saturated rings. The number of aryl methyl sites for hydroxylation is 1. The Balaban J connectivity index is 1.32. The maximum atomic E-state index is 12.6. The van der Waals surface area contributed by atoms with Crippen molar-refractivity contribution in [2.24, 2.45) is 0 Å². The number of fused-ring (bicyclic) bond motifs is 1. The smallest absolute Gasteiger partial charge is 0.253 e. The van der Waals surface area contributed by atoms with Gasteiger partial charge in [0, 0.05) is 19.6 Å². The van der Waals surface area contributed by atoms with Gasteiger partial charge < -0.3 is 24.8 Å². The molecule has 7 nitrogen and oxygen atoms in total. The molecule has 0 saturated carbocycles. The lowest BCUT2D eigenvalue weighted by Crippen LogP contribution is -2.32. The number of nitrogens with one attached hydrogen (secondary N) is 2. The van der Waals surface area contributed by atoms with Crippen molar-refractivity contribution in [2.45, 2.75) is 31.8 Å². The summed E-state index contributed by atoms with van der Waals surface area (Å²) in [6.45, 7) is 2.31. The van der Waals surface area contributed by atoms with E-state index in [2.05, 4.69) is 10.6 Å². The van der Waals surface area contributed by atoms with Crippen molar-refractivity contribution >= 4 is 17.5 Å². The molecule has 1 unspecified atom stereocenters. The average molecular weight is 410 g/mol. The van der Waals surface area contributed by atoms with Crippen molar-refractivity contribution in [2.75, 3.05) is 31.7 Å². The third-order valence-corrected chi connectivity index (χ3v) is 5.21. The second-order valence-electron chi connectivity index (χ2n) is 7.42. The Bertz CT molecular complexity index is 908. The Morgan fingerprint density at radius 3 is 2.67 bits per heavy atom. The minimum absolute atomic E-state index is 0.0710. The lowest BCUT2D eigenvalue weighted by atomic mass is 10.1. The number of amides is 2. The minimum atomic E-state index is -0.215. The molecule has 7 heteroatoms. The number of ether oxygens (including phenoxy) is 3. The topological polar surface area (TPSA) is 85.9 Å². The van der Waals surface area contributed by atoms with Crippen LogP contribution in [0.4, 0.5) is 5.69 Å². The molecule has 2 aliphatic rings. The summed E-state index contributed by atoms with van der Waals surface area (Å²) < 4.78 is 16.7. The van der Waals surface area contributed by atoms with Gasteiger partial charge in [0.1, 0.15) is 13.2 Å². The molecule has 1 atom stereocenters. The predicted molar refractivity (Wildman–Crippen MR) is 112 cm³/mol. The number of rotatable bonds is 7. The molecule has 0 aromatic heterocycles. The van der Waals surface area contributed by atoms with Gasteiger partial charge in [-0.05, 0) is 49.1 Å². The van der Waals surface area contributed by atoms with Gasteiger partial charge in [0.25, 0.3) is 5.91 Å². The Morgan fingerprint density at radius 1 is 1.00 bits per heavy atom. The number of para-hydroxylation sites is 1. The fraction of sp³-hybridized carbons (Fsp3) is 0.391. The first-order valence-corrected chi connectivity index (χ1v) is 10.4.